The van der Waals surface area contributed by atoms with Crippen LogP contribution < -0.4 is 17.2 Å². The summed E-state index contributed by atoms with van der Waals surface area (Å²) >= 11 is 0. The lowest BCUT2D eigenvalue weighted by Gasteiger charge is -2.02. The van der Waals surface area contributed by atoms with Crippen molar-refractivity contribution < 1.29 is 9.59 Å². The smallest absolute Gasteiger partial charge is 0.217 e. The summed E-state index contributed by atoms with van der Waals surface area (Å²) in [7, 11) is 0. The predicted molar refractivity (Wildman–Crippen MR) is 71.4 cm³/mol. The maximum Gasteiger partial charge on any atom is 0.217 e. The van der Waals surface area contributed by atoms with Gasteiger partial charge in [0.2, 0.25) is 11.8 Å². The molecule has 0 aliphatic carbocycles. The molecule has 18 heavy (non-hydrogen) atoms. The lowest BCUT2D eigenvalue weighted by Crippen LogP contribution is -2.17. The zero-order valence-corrected chi connectivity index (χ0v) is 10.6. The van der Waals surface area contributed by atoms with Crippen LogP contribution in [-0.4, -0.2) is 17.9 Å². The van der Waals surface area contributed by atoms with Gasteiger partial charge in [-0.2, -0.15) is 0 Å². The molecule has 1 rings (SSSR count). The van der Waals surface area contributed by atoms with E-state index < -0.39 is 11.8 Å². The first kappa shape index (κ1) is 16.1. The third-order valence-corrected chi connectivity index (χ3v) is 2.02. The standard InChI is InChI=1S/C9H13N.C4H8N2O2/c1-8(10)7-9-5-3-2-4-6-9;5-3(7)1-2-4(6)8/h2-6,8H,7,10H2,1H3;1-2H2,(H2,5,7)(H2,6,8). The molecule has 1 aromatic carbocycles. The van der Waals surface area contributed by atoms with Gasteiger partial charge in [0.15, 0.2) is 0 Å². The first-order valence-corrected chi connectivity index (χ1v) is 5.78. The summed E-state index contributed by atoms with van der Waals surface area (Å²) < 4.78 is 0. The molecule has 0 spiro atoms. The van der Waals surface area contributed by atoms with Crippen LogP contribution in [0.5, 0.6) is 0 Å². The van der Waals surface area contributed by atoms with Gasteiger partial charge in [-0.15, -0.1) is 0 Å². The molecule has 1 unspecified atom stereocenters. The summed E-state index contributed by atoms with van der Waals surface area (Å²) in [6, 6.07) is 10.6. The molecule has 0 fully saturated rings. The number of carbonyl (C=O) groups excluding carboxylic acids is 2. The third-order valence-electron chi connectivity index (χ3n) is 2.02. The zero-order chi connectivity index (χ0) is 14.0. The van der Waals surface area contributed by atoms with Crippen LogP contribution in [0.3, 0.4) is 0 Å². The second-order valence-electron chi connectivity index (χ2n) is 4.10. The van der Waals surface area contributed by atoms with Crippen LogP contribution in [0.4, 0.5) is 0 Å². The van der Waals surface area contributed by atoms with Gasteiger partial charge in [-0.1, -0.05) is 30.3 Å². The Hall–Kier alpha value is -1.88. The number of hydrogen-bond donors (Lipinski definition) is 3. The lowest BCUT2D eigenvalue weighted by atomic mass is 10.1. The maximum absolute atomic E-state index is 9.92. The van der Waals surface area contributed by atoms with Crippen molar-refractivity contribution in [1.29, 1.82) is 0 Å². The molecule has 0 saturated heterocycles. The van der Waals surface area contributed by atoms with E-state index in [0.717, 1.165) is 6.42 Å². The molecule has 0 heterocycles. The average molecular weight is 251 g/mol. The molecule has 0 saturated carbocycles. The Bertz CT molecular complexity index is 350. The number of benzene rings is 1. The molecular weight excluding hydrogens is 230 g/mol. The van der Waals surface area contributed by atoms with E-state index in [1.54, 1.807) is 0 Å². The van der Waals surface area contributed by atoms with Crippen molar-refractivity contribution >= 4 is 11.8 Å². The van der Waals surface area contributed by atoms with E-state index in [-0.39, 0.29) is 18.9 Å². The van der Waals surface area contributed by atoms with Crippen LogP contribution in [0.25, 0.3) is 0 Å². The van der Waals surface area contributed by atoms with Gasteiger partial charge in [-0.25, -0.2) is 0 Å². The van der Waals surface area contributed by atoms with Crippen LogP contribution in [0.15, 0.2) is 30.3 Å². The molecule has 5 nitrogen and oxygen atoms in total. The van der Waals surface area contributed by atoms with Crippen molar-refractivity contribution in [2.24, 2.45) is 17.2 Å². The molecule has 6 N–H and O–H groups in total. The molecule has 1 atom stereocenters. The zero-order valence-electron chi connectivity index (χ0n) is 10.6. The number of nitrogens with two attached hydrogens (primary N) is 3. The molecule has 0 bridgehead atoms. The van der Waals surface area contributed by atoms with Gasteiger partial charge in [0.25, 0.3) is 0 Å². The van der Waals surface area contributed by atoms with Crippen molar-refractivity contribution in [1.82, 2.24) is 0 Å². The van der Waals surface area contributed by atoms with E-state index in [1.165, 1.54) is 5.56 Å². The fourth-order valence-electron chi connectivity index (χ4n) is 1.23. The number of rotatable bonds is 5. The Labute approximate surface area is 107 Å². The Morgan fingerprint density at radius 2 is 1.50 bits per heavy atom. The number of hydrogen-bond acceptors (Lipinski definition) is 3. The first-order valence-electron chi connectivity index (χ1n) is 5.78. The lowest BCUT2D eigenvalue weighted by molar-refractivity contribution is -0.123. The first-order chi connectivity index (χ1) is 8.41. The van der Waals surface area contributed by atoms with Gasteiger partial charge in [-0.05, 0) is 18.9 Å². The quantitative estimate of drug-likeness (QED) is 0.700. The SMILES string of the molecule is CC(N)Cc1ccccc1.NC(=O)CCC(N)=O. The van der Waals surface area contributed by atoms with E-state index in [4.69, 9.17) is 17.2 Å². The average Bonchev–Trinajstić information content (AvgIpc) is 2.28. The summed E-state index contributed by atoms with van der Waals surface area (Å²) in [5.41, 5.74) is 16.3. The van der Waals surface area contributed by atoms with Crippen molar-refractivity contribution in [2.45, 2.75) is 32.2 Å². The molecule has 1 aromatic rings. The highest BCUT2D eigenvalue weighted by atomic mass is 16.2. The van der Waals surface area contributed by atoms with Gasteiger partial charge in [0, 0.05) is 18.9 Å². The highest BCUT2D eigenvalue weighted by Crippen LogP contribution is 2.00. The van der Waals surface area contributed by atoms with E-state index in [9.17, 15) is 9.59 Å². The minimum atomic E-state index is -0.496. The van der Waals surface area contributed by atoms with Crippen LogP contribution in [0, 0.1) is 0 Å². The molecule has 0 aliphatic rings. The van der Waals surface area contributed by atoms with Crippen molar-refractivity contribution in [3.63, 3.8) is 0 Å². The predicted octanol–water partition coefficient (Wildman–Crippen LogP) is 0.314. The Morgan fingerprint density at radius 3 is 1.83 bits per heavy atom. The van der Waals surface area contributed by atoms with E-state index in [1.807, 2.05) is 25.1 Å². The van der Waals surface area contributed by atoms with Crippen molar-refractivity contribution in [2.75, 3.05) is 0 Å². The second-order valence-corrected chi connectivity index (χ2v) is 4.10. The van der Waals surface area contributed by atoms with Gasteiger partial charge >= 0.3 is 0 Å². The third kappa shape index (κ3) is 10.6. The van der Waals surface area contributed by atoms with Crippen LogP contribution >= 0.6 is 0 Å². The maximum atomic E-state index is 9.92. The largest absolute Gasteiger partial charge is 0.370 e. The highest BCUT2D eigenvalue weighted by Gasteiger charge is 1.96. The molecule has 100 valence electrons. The fourth-order valence-corrected chi connectivity index (χ4v) is 1.23. The number of primary amides is 2. The minimum absolute atomic E-state index is 0.0509. The number of carbonyl (C=O) groups is 2. The fraction of sp³-hybridized carbons (Fsp3) is 0.385. The Morgan fingerprint density at radius 1 is 1.06 bits per heavy atom. The van der Waals surface area contributed by atoms with E-state index >= 15 is 0 Å². The molecule has 0 aromatic heterocycles. The van der Waals surface area contributed by atoms with Crippen molar-refractivity contribution in [3.05, 3.63) is 35.9 Å². The topological polar surface area (TPSA) is 112 Å². The highest BCUT2D eigenvalue weighted by molar-refractivity contribution is 5.81. The molecule has 5 heteroatoms. The summed E-state index contributed by atoms with van der Waals surface area (Å²) in [5.74, 6) is -0.993. The Balaban J connectivity index is 0.000000331. The monoisotopic (exact) mass is 251 g/mol. The molecule has 2 amide bonds. The number of amides is 2. The van der Waals surface area contributed by atoms with E-state index in [0.29, 0.717) is 0 Å². The van der Waals surface area contributed by atoms with E-state index in [2.05, 4.69) is 12.1 Å². The normalized spacial score (nSPS) is 11.0. The molecule has 0 aliphatic heterocycles. The van der Waals surface area contributed by atoms with Crippen LogP contribution in [0.1, 0.15) is 25.3 Å². The van der Waals surface area contributed by atoms with Crippen LogP contribution in [0.2, 0.25) is 0 Å². The van der Waals surface area contributed by atoms with Crippen molar-refractivity contribution in [3.8, 4) is 0 Å². The molecule has 0 radical (unpaired) electrons. The van der Waals surface area contributed by atoms with Gasteiger partial charge in [0.1, 0.15) is 0 Å². The van der Waals surface area contributed by atoms with Gasteiger partial charge in [-0.3, -0.25) is 9.59 Å². The summed E-state index contributed by atoms with van der Waals surface area (Å²) in [6.45, 7) is 2.02. The summed E-state index contributed by atoms with van der Waals surface area (Å²) in [6.07, 6.45) is 1.07. The molecular formula is C13H21N3O2. The van der Waals surface area contributed by atoms with Gasteiger partial charge < -0.3 is 17.2 Å². The van der Waals surface area contributed by atoms with Gasteiger partial charge in [0.05, 0.1) is 0 Å². The second kappa shape index (κ2) is 9.18. The minimum Gasteiger partial charge on any atom is -0.370 e. The summed E-state index contributed by atoms with van der Waals surface area (Å²) in [4.78, 5) is 19.8. The summed E-state index contributed by atoms with van der Waals surface area (Å²) in [5, 5.41) is 0. The Kier molecular flexibility index (Phi) is 8.22. The van der Waals surface area contributed by atoms with Crippen LogP contribution in [-0.2, 0) is 16.0 Å².